The van der Waals surface area contributed by atoms with Crippen LogP contribution in [0.4, 0.5) is 0 Å². The Morgan fingerprint density at radius 1 is 1.20 bits per heavy atom. The van der Waals surface area contributed by atoms with E-state index < -0.39 is 18.8 Å². The Bertz CT molecular complexity index is 91.5. The summed E-state index contributed by atoms with van der Waals surface area (Å²) in [5.41, 5.74) is 0. The summed E-state index contributed by atoms with van der Waals surface area (Å²) >= 11 is -2.35. The monoisotopic (exact) mass is 251 g/mol. The molecule has 0 aromatic rings. The van der Waals surface area contributed by atoms with Gasteiger partial charge in [-0.1, -0.05) is 0 Å². The normalized spacial score (nSPS) is 11.1. The van der Waals surface area contributed by atoms with Gasteiger partial charge in [0, 0.05) is 0 Å². The summed E-state index contributed by atoms with van der Waals surface area (Å²) < 4.78 is 8.32. The summed E-state index contributed by atoms with van der Waals surface area (Å²) in [6, 6.07) is 0. The van der Waals surface area contributed by atoms with Crippen molar-refractivity contribution in [3.63, 3.8) is 0 Å². The first-order valence-electron chi connectivity index (χ1n) is 3.79. The van der Waals surface area contributed by atoms with Gasteiger partial charge in [0.15, 0.2) is 0 Å². The number of hydrogen-bond acceptors (Lipinski definition) is 2. The summed E-state index contributed by atoms with van der Waals surface area (Å²) in [6.45, 7) is 7.94. The molecule has 0 aromatic carbocycles. The average Bonchev–Trinajstić information content (AvgIpc) is 2.01. The second-order valence-corrected chi connectivity index (χ2v) is 15.8. The molecule has 0 spiro atoms. The number of hydrogen-bond donors (Lipinski definition) is 0. The van der Waals surface area contributed by atoms with Gasteiger partial charge in [-0.15, -0.1) is 0 Å². The molecule has 0 atom stereocenters. The fraction of sp³-hybridized carbons (Fsp3) is 0.857. The second kappa shape index (κ2) is 4.99. The van der Waals surface area contributed by atoms with Crippen molar-refractivity contribution in [1.29, 1.82) is 0 Å². The molecule has 0 saturated carbocycles. The molecule has 3 heteroatoms. The third-order valence-corrected chi connectivity index (χ3v) is 14.7. The van der Waals surface area contributed by atoms with Crippen molar-refractivity contribution >= 4 is 25.3 Å². The van der Waals surface area contributed by atoms with Crippen molar-refractivity contribution < 1.29 is 7.87 Å². The fourth-order valence-electron chi connectivity index (χ4n) is 1.05. The summed E-state index contributed by atoms with van der Waals surface area (Å²) in [7, 11) is 0. The summed E-state index contributed by atoms with van der Waals surface area (Å²) in [5.74, 6) is 0. The van der Waals surface area contributed by atoms with Gasteiger partial charge >= 0.3 is 67.2 Å². The predicted octanol–water partition coefficient (Wildman–Crippen LogP) is 2.08. The Hall–Kier alpha value is 0.269. The van der Waals surface area contributed by atoms with Crippen molar-refractivity contribution in [2.45, 2.75) is 34.1 Å². The van der Waals surface area contributed by atoms with Crippen molar-refractivity contribution in [2.75, 3.05) is 0 Å². The zero-order chi connectivity index (χ0) is 8.04. The van der Waals surface area contributed by atoms with Gasteiger partial charge in [-0.25, -0.2) is 0 Å². The van der Waals surface area contributed by atoms with Crippen LogP contribution in [-0.4, -0.2) is 25.3 Å². The first kappa shape index (κ1) is 10.3. The van der Waals surface area contributed by atoms with Gasteiger partial charge in [-0.3, -0.25) is 0 Å². The van der Waals surface area contributed by atoms with Gasteiger partial charge in [-0.2, -0.15) is 0 Å². The van der Waals surface area contributed by atoms with Crippen LogP contribution in [0.15, 0.2) is 0 Å². The molecule has 0 bridgehead atoms. The van der Waals surface area contributed by atoms with Gasteiger partial charge in [0.25, 0.3) is 0 Å². The van der Waals surface area contributed by atoms with Crippen LogP contribution in [0, 0.1) is 0 Å². The van der Waals surface area contributed by atoms with Crippen LogP contribution < -0.4 is 0 Å². The van der Waals surface area contributed by atoms with Crippen molar-refractivity contribution in [2.24, 2.45) is 0 Å². The summed E-state index contributed by atoms with van der Waals surface area (Å²) in [5, 5.41) is 0. The zero-order valence-corrected chi connectivity index (χ0v) is 9.79. The Kier molecular flexibility index (Phi) is 5.12. The molecule has 1 radical (unpaired) electrons. The molecule has 59 valence electrons. The second-order valence-electron chi connectivity index (χ2n) is 2.43. The van der Waals surface area contributed by atoms with Gasteiger partial charge < -0.3 is 0 Å². The maximum absolute atomic E-state index is 10.0. The summed E-state index contributed by atoms with van der Waals surface area (Å²) in [6.07, 6.45) is 0. The SMILES string of the molecule is C[CH2][Sn]([CH2]C)([CH2]C)[O][C]=O. The Morgan fingerprint density at radius 3 is 1.70 bits per heavy atom. The van der Waals surface area contributed by atoms with Crippen molar-refractivity contribution in [1.82, 2.24) is 0 Å². The molecule has 0 N–H and O–H groups in total. The van der Waals surface area contributed by atoms with Crippen LogP contribution in [-0.2, 0) is 7.87 Å². The van der Waals surface area contributed by atoms with E-state index in [1.807, 2.05) is 0 Å². The fourth-order valence-corrected chi connectivity index (χ4v) is 7.08. The molecule has 0 aliphatic carbocycles. The van der Waals surface area contributed by atoms with Gasteiger partial charge in [0.05, 0.1) is 0 Å². The molecular weight excluding hydrogens is 235 g/mol. The molecule has 0 aliphatic rings. The van der Waals surface area contributed by atoms with E-state index in [4.69, 9.17) is 3.07 Å². The predicted molar refractivity (Wildman–Crippen MR) is 44.0 cm³/mol. The van der Waals surface area contributed by atoms with E-state index in [0.29, 0.717) is 0 Å². The summed E-state index contributed by atoms with van der Waals surface area (Å²) in [4.78, 5) is 10.0. The standard InChI is InChI=1S/3C2H5.CO2.Sn/c3*1-2;2-1-3;/h3*1H2,2H3;;/q;;;-1;+1. The van der Waals surface area contributed by atoms with E-state index in [0.717, 1.165) is 13.3 Å². The van der Waals surface area contributed by atoms with E-state index in [1.54, 1.807) is 6.47 Å². The Morgan fingerprint density at radius 2 is 1.60 bits per heavy atom. The molecule has 0 fully saturated rings. The van der Waals surface area contributed by atoms with E-state index in [2.05, 4.69) is 20.8 Å². The molecule has 0 heterocycles. The first-order chi connectivity index (χ1) is 4.74. The minimum absolute atomic E-state index is 1.08. The van der Waals surface area contributed by atoms with E-state index in [1.165, 1.54) is 0 Å². The van der Waals surface area contributed by atoms with Crippen LogP contribution in [0.3, 0.4) is 0 Å². The van der Waals surface area contributed by atoms with Gasteiger partial charge in [0.2, 0.25) is 0 Å². The topological polar surface area (TPSA) is 26.3 Å². The number of rotatable bonds is 5. The van der Waals surface area contributed by atoms with E-state index in [-0.39, 0.29) is 0 Å². The van der Waals surface area contributed by atoms with E-state index in [9.17, 15) is 4.79 Å². The van der Waals surface area contributed by atoms with Crippen molar-refractivity contribution in [3.05, 3.63) is 0 Å². The van der Waals surface area contributed by atoms with Crippen LogP contribution >= 0.6 is 0 Å². The molecule has 0 rings (SSSR count). The molecule has 0 saturated heterocycles. The van der Waals surface area contributed by atoms with Crippen LogP contribution in [0.5, 0.6) is 0 Å². The van der Waals surface area contributed by atoms with Crippen molar-refractivity contribution in [3.8, 4) is 0 Å². The van der Waals surface area contributed by atoms with Gasteiger partial charge in [-0.05, 0) is 0 Å². The molecule has 0 unspecified atom stereocenters. The number of carbonyl (C=O) groups excluding carboxylic acids is 1. The third kappa shape index (κ3) is 2.48. The van der Waals surface area contributed by atoms with Crippen LogP contribution in [0.2, 0.25) is 13.3 Å². The minimum atomic E-state index is -2.35. The zero-order valence-electron chi connectivity index (χ0n) is 6.94. The van der Waals surface area contributed by atoms with Crippen LogP contribution in [0.25, 0.3) is 0 Å². The molecule has 0 aliphatic heterocycles. The molecule has 2 nitrogen and oxygen atoms in total. The van der Waals surface area contributed by atoms with E-state index >= 15 is 0 Å². The maximum atomic E-state index is 10.0. The Balaban J connectivity index is 4.00. The quantitative estimate of drug-likeness (QED) is 0.698. The molecule has 0 aromatic heterocycles. The first-order valence-corrected chi connectivity index (χ1v) is 11.0. The molecular formula is C7H15O2Sn. The third-order valence-electron chi connectivity index (χ3n) is 2.19. The average molecular weight is 250 g/mol. The molecule has 0 amide bonds. The molecule has 10 heavy (non-hydrogen) atoms. The van der Waals surface area contributed by atoms with Gasteiger partial charge in [0.1, 0.15) is 0 Å². The Labute approximate surface area is 67.4 Å². The van der Waals surface area contributed by atoms with Crippen LogP contribution in [0.1, 0.15) is 20.8 Å².